The zero-order chi connectivity index (χ0) is 21.4. The molecule has 2 unspecified atom stereocenters. The Morgan fingerprint density at radius 2 is 1.90 bits per heavy atom. The number of ether oxygens (including phenoxy) is 2. The molecule has 2 atom stereocenters. The van der Waals surface area contributed by atoms with Gasteiger partial charge in [-0.05, 0) is 51.5 Å². The van der Waals surface area contributed by atoms with Gasteiger partial charge < -0.3 is 19.7 Å². The molecule has 1 heterocycles. The van der Waals surface area contributed by atoms with Gasteiger partial charge >= 0.3 is 12.1 Å². The molecule has 1 saturated heterocycles. The van der Waals surface area contributed by atoms with Crippen molar-refractivity contribution in [3.8, 4) is 0 Å². The topological polar surface area (TPSA) is 67.9 Å². The SMILES string of the molecule is CC(C)CC(NCC1CCCN1C(=O)OCc1ccccc1)C(=O)OC(C)(C)C. The maximum atomic E-state index is 12.6. The van der Waals surface area contributed by atoms with Crippen LogP contribution < -0.4 is 5.32 Å². The molecular formula is C23H36N2O4. The Balaban J connectivity index is 1.90. The molecule has 29 heavy (non-hydrogen) atoms. The molecule has 0 bridgehead atoms. The third-order valence-electron chi connectivity index (χ3n) is 4.82. The summed E-state index contributed by atoms with van der Waals surface area (Å²) in [5, 5.41) is 3.35. The molecule has 1 aromatic rings. The van der Waals surface area contributed by atoms with E-state index in [4.69, 9.17) is 9.47 Å². The number of amides is 1. The van der Waals surface area contributed by atoms with E-state index in [9.17, 15) is 9.59 Å². The highest BCUT2D eigenvalue weighted by Crippen LogP contribution is 2.19. The van der Waals surface area contributed by atoms with Gasteiger partial charge in [0.1, 0.15) is 18.2 Å². The lowest BCUT2D eigenvalue weighted by molar-refractivity contribution is -0.158. The average molecular weight is 405 g/mol. The van der Waals surface area contributed by atoms with Crippen molar-refractivity contribution in [3.05, 3.63) is 35.9 Å². The summed E-state index contributed by atoms with van der Waals surface area (Å²) in [6, 6.07) is 9.31. The lowest BCUT2D eigenvalue weighted by Crippen LogP contribution is -2.48. The van der Waals surface area contributed by atoms with E-state index < -0.39 is 5.60 Å². The maximum Gasteiger partial charge on any atom is 0.410 e. The van der Waals surface area contributed by atoms with Crippen molar-refractivity contribution >= 4 is 12.1 Å². The first-order chi connectivity index (χ1) is 13.7. The van der Waals surface area contributed by atoms with Crippen LogP contribution in [0.3, 0.4) is 0 Å². The van der Waals surface area contributed by atoms with Gasteiger partial charge in [-0.25, -0.2) is 4.79 Å². The Kier molecular flexibility index (Phi) is 8.50. The number of carbonyl (C=O) groups is 2. The fourth-order valence-electron chi connectivity index (χ4n) is 3.48. The smallest absolute Gasteiger partial charge is 0.410 e. The number of benzene rings is 1. The highest BCUT2D eigenvalue weighted by atomic mass is 16.6. The van der Waals surface area contributed by atoms with Gasteiger partial charge in [0.2, 0.25) is 0 Å². The number of hydrogen-bond donors (Lipinski definition) is 1. The minimum atomic E-state index is -0.519. The minimum Gasteiger partial charge on any atom is -0.459 e. The monoisotopic (exact) mass is 404 g/mol. The fourth-order valence-corrected chi connectivity index (χ4v) is 3.48. The van der Waals surface area contributed by atoms with Gasteiger partial charge in [0.05, 0.1) is 0 Å². The number of nitrogens with one attached hydrogen (secondary N) is 1. The summed E-state index contributed by atoms with van der Waals surface area (Å²) in [4.78, 5) is 26.9. The average Bonchev–Trinajstić information content (AvgIpc) is 3.11. The molecule has 6 heteroatoms. The summed E-state index contributed by atoms with van der Waals surface area (Å²) in [7, 11) is 0. The zero-order valence-electron chi connectivity index (χ0n) is 18.4. The van der Waals surface area contributed by atoms with Gasteiger partial charge in [-0.15, -0.1) is 0 Å². The van der Waals surface area contributed by atoms with Crippen LogP contribution in [0, 0.1) is 5.92 Å². The van der Waals surface area contributed by atoms with E-state index >= 15 is 0 Å². The van der Waals surface area contributed by atoms with Crippen LogP contribution in [-0.2, 0) is 20.9 Å². The fraction of sp³-hybridized carbons (Fsp3) is 0.652. The Morgan fingerprint density at radius 3 is 2.52 bits per heavy atom. The third kappa shape index (κ3) is 8.05. The number of rotatable bonds is 8. The normalized spacial score (nSPS) is 18.0. The largest absolute Gasteiger partial charge is 0.459 e. The van der Waals surface area contributed by atoms with E-state index in [1.165, 1.54) is 0 Å². The summed E-state index contributed by atoms with van der Waals surface area (Å²) in [6.07, 6.45) is 2.24. The van der Waals surface area contributed by atoms with Gasteiger partial charge in [-0.2, -0.15) is 0 Å². The van der Waals surface area contributed by atoms with Gasteiger partial charge in [0.25, 0.3) is 0 Å². The Morgan fingerprint density at radius 1 is 1.21 bits per heavy atom. The number of carbonyl (C=O) groups excluding carboxylic acids is 2. The second-order valence-electron chi connectivity index (χ2n) is 9.15. The Hall–Kier alpha value is -2.08. The molecule has 1 aliphatic rings. The highest BCUT2D eigenvalue weighted by Gasteiger charge is 2.32. The molecule has 1 N–H and O–H groups in total. The second-order valence-corrected chi connectivity index (χ2v) is 9.15. The second kappa shape index (κ2) is 10.6. The first-order valence-corrected chi connectivity index (χ1v) is 10.6. The van der Waals surface area contributed by atoms with Crippen LogP contribution in [0.15, 0.2) is 30.3 Å². The molecule has 0 radical (unpaired) electrons. The van der Waals surface area contributed by atoms with Crippen LogP contribution in [0.25, 0.3) is 0 Å². The number of hydrogen-bond acceptors (Lipinski definition) is 5. The van der Waals surface area contributed by atoms with E-state index in [0.29, 0.717) is 25.4 Å². The number of esters is 1. The van der Waals surface area contributed by atoms with Crippen molar-refractivity contribution in [1.82, 2.24) is 10.2 Å². The molecule has 1 aliphatic heterocycles. The van der Waals surface area contributed by atoms with E-state index in [2.05, 4.69) is 19.2 Å². The maximum absolute atomic E-state index is 12.6. The molecular weight excluding hydrogens is 368 g/mol. The van der Waals surface area contributed by atoms with Crippen molar-refractivity contribution < 1.29 is 19.1 Å². The van der Waals surface area contributed by atoms with Crippen LogP contribution in [0.4, 0.5) is 4.79 Å². The molecule has 1 fully saturated rings. The number of likely N-dealkylation sites (tertiary alicyclic amines) is 1. The third-order valence-corrected chi connectivity index (χ3v) is 4.82. The first-order valence-electron chi connectivity index (χ1n) is 10.6. The summed E-state index contributed by atoms with van der Waals surface area (Å²) in [6.45, 7) is 11.3. The first kappa shape index (κ1) is 23.2. The van der Waals surface area contributed by atoms with Gasteiger partial charge in [-0.1, -0.05) is 44.2 Å². The van der Waals surface area contributed by atoms with Crippen LogP contribution in [0.2, 0.25) is 0 Å². The van der Waals surface area contributed by atoms with Crippen LogP contribution in [0.1, 0.15) is 59.4 Å². The summed E-state index contributed by atoms with van der Waals surface area (Å²) in [5.41, 5.74) is 0.450. The molecule has 0 aliphatic carbocycles. The van der Waals surface area contributed by atoms with Crippen molar-refractivity contribution in [1.29, 1.82) is 0 Å². The summed E-state index contributed by atoms with van der Waals surface area (Å²) >= 11 is 0. The van der Waals surface area contributed by atoms with Crippen LogP contribution >= 0.6 is 0 Å². The quantitative estimate of drug-likeness (QED) is 0.660. The molecule has 6 nitrogen and oxygen atoms in total. The van der Waals surface area contributed by atoms with Gasteiger partial charge in [-0.3, -0.25) is 4.79 Å². The van der Waals surface area contributed by atoms with E-state index in [-0.39, 0.29) is 30.8 Å². The van der Waals surface area contributed by atoms with Gasteiger partial charge in [0, 0.05) is 19.1 Å². The zero-order valence-corrected chi connectivity index (χ0v) is 18.4. The van der Waals surface area contributed by atoms with Crippen molar-refractivity contribution in [2.75, 3.05) is 13.1 Å². The summed E-state index contributed by atoms with van der Waals surface area (Å²) in [5.74, 6) is 0.123. The molecule has 1 aromatic carbocycles. The lowest BCUT2D eigenvalue weighted by atomic mass is 10.0. The Bertz CT molecular complexity index is 655. The van der Waals surface area contributed by atoms with E-state index in [0.717, 1.165) is 18.4 Å². The molecule has 2 rings (SSSR count). The van der Waals surface area contributed by atoms with Crippen molar-refractivity contribution in [2.45, 2.75) is 78.2 Å². The molecule has 0 saturated carbocycles. The summed E-state index contributed by atoms with van der Waals surface area (Å²) < 4.78 is 11.1. The van der Waals surface area contributed by atoms with E-state index in [1.807, 2.05) is 51.1 Å². The molecule has 162 valence electrons. The number of nitrogens with zero attached hydrogens (tertiary/aromatic N) is 1. The van der Waals surface area contributed by atoms with Crippen molar-refractivity contribution in [3.63, 3.8) is 0 Å². The molecule has 0 spiro atoms. The Labute approximate surface area is 174 Å². The predicted octanol–water partition coefficient (Wildman–Crippen LogP) is 4.13. The van der Waals surface area contributed by atoms with Crippen LogP contribution in [-0.4, -0.2) is 47.7 Å². The predicted molar refractivity (Wildman–Crippen MR) is 113 cm³/mol. The minimum absolute atomic E-state index is 0.0235. The molecule has 1 amide bonds. The van der Waals surface area contributed by atoms with Crippen LogP contribution in [0.5, 0.6) is 0 Å². The molecule has 0 aromatic heterocycles. The van der Waals surface area contributed by atoms with Crippen molar-refractivity contribution in [2.24, 2.45) is 5.92 Å². The van der Waals surface area contributed by atoms with E-state index in [1.54, 1.807) is 4.90 Å². The highest BCUT2D eigenvalue weighted by molar-refractivity contribution is 5.76. The lowest BCUT2D eigenvalue weighted by Gasteiger charge is -2.28. The standard InChI is InChI=1S/C23H36N2O4/c1-17(2)14-20(21(26)29-23(3,4)5)24-15-19-12-9-13-25(19)22(27)28-16-18-10-7-6-8-11-18/h6-8,10-11,17,19-20,24H,9,12-16H2,1-5H3. The van der Waals surface area contributed by atoms with Gasteiger partial charge in [0.15, 0.2) is 0 Å².